The van der Waals surface area contributed by atoms with Gasteiger partial charge in [0.05, 0.1) is 6.67 Å². The highest BCUT2D eigenvalue weighted by molar-refractivity contribution is 6.15. The van der Waals surface area contributed by atoms with Gasteiger partial charge < -0.3 is 19.6 Å². The van der Waals surface area contributed by atoms with Crippen LogP contribution in [-0.4, -0.2) is 85.4 Å². The van der Waals surface area contributed by atoms with Gasteiger partial charge in [0, 0.05) is 45.3 Å². The number of likely N-dealkylation sites (N-methyl/N-ethyl adjacent to an activating group) is 1. The third kappa shape index (κ3) is 6.01. The van der Waals surface area contributed by atoms with Gasteiger partial charge in [-0.15, -0.1) is 11.6 Å². The number of likely N-dealkylation sites (tertiary alicyclic amines) is 1. The van der Waals surface area contributed by atoms with Crippen molar-refractivity contribution in [3.63, 3.8) is 0 Å². The maximum atomic E-state index is 13.8. The summed E-state index contributed by atoms with van der Waals surface area (Å²) in [4.78, 5) is 33.3. The molecule has 3 unspecified atom stereocenters. The van der Waals surface area contributed by atoms with E-state index in [9.17, 15) is 9.59 Å². The lowest BCUT2D eigenvalue weighted by atomic mass is 9.45. The van der Waals surface area contributed by atoms with Crippen LogP contribution in [-0.2, 0) is 9.59 Å². The number of halogens is 1. The molecule has 2 heterocycles. The van der Waals surface area contributed by atoms with Crippen LogP contribution in [0.3, 0.4) is 0 Å². The second-order valence-corrected chi connectivity index (χ2v) is 11.9. The number of hydrogen-bond acceptors (Lipinski definition) is 4. The minimum atomic E-state index is -0.453. The van der Waals surface area contributed by atoms with E-state index in [4.69, 9.17) is 0 Å². The number of rotatable bonds is 8. The number of benzene rings is 1. The summed E-state index contributed by atoms with van der Waals surface area (Å²) < 4.78 is 0. The van der Waals surface area contributed by atoms with E-state index in [0.717, 1.165) is 55.8 Å². The molecule has 3 atom stereocenters. The number of fused-ring (bicyclic) bond motifs is 2. The van der Waals surface area contributed by atoms with Crippen molar-refractivity contribution in [1.29, 1.82) is 0 Å². The number of amides is 2. The van der Waals surface area contributed by atoms with Gasteiger partial charge in [0.1, 0.15) is 5.54 Å². The molecule has 5 fully saturated rings. The second kappa shape index (κ2) is 13.5. The van der Waals surface area contributed by atoms with Crippen molar-refractivity contribution in [2.45, 2.75) is 71.8 Å². The number of para-hydroxylation sites is 1. The van der Waals surface area contributed by atoms with E-state index >= 15 is 0 Å². The Bertz CT molecular complexity index is 885. The summed E-state index contributed by atoms with van der Waals surface area (Å²) in [6.45, 7) is 13.9. The van der Waals surface area contributed by atoms with Gasteiger partial charge in [0.25, 0.3) is 0 Å². The average Bonchev–Trinajstić information content (AvgIpc) is 3.24. The highest BCUT2D eigenvalue weighted by atomic mass is 35.5. The van der Waals surface area contributed by atoms with Crippen LogP contribution >= 0.6 is 11.6 Å². The number of carbonyl (C=O) groups excluding carboxylic acids is 2. The molecule has 2 saturated heterocycles. The molecular weight excluding hydrogens is 496 g/mol. The number of alkyl halides is 1. The van der Waals surface area contributed by atoms with Gasteiger partial charge in [-0.3, -0.25) is 9.59 Å². The van der Waals surface area contributed by atoms with Crippen molar-refractivity contribution in [3.8, 4) is 0 Å². The third-order valence-electron chi connectivity index (χ3n) is 9.99. The fraction of sp³-hybridized carbons (Fsp3) is 0.742. The predicted octanol–water partition coefficient (Wildman–Crippen LogP) is 5.56. The average molecular weight is 547 g/mol. The zero-order chi connectivity index (χ0) is 27.9. The van der Waals surface area contributed by atoms with E-state index in [0.29, 0.717) is 25.2 Å². The predicted molar refractivity (Wildman–Crippen MR) is 158 cm³/mol. The molecule has 2 amide bonds. The molecular formula is C31H51ClN4O2. The van der Waals surface area contributed by atoms with Crippen molar-refractivity contribution < 1.29 is 9.59 Å². The summed E-state index contributed by atoms with van der Waals surface area (Å²) in [7, 11) is 1.77. The standard InChI is InChI=1S/C28H42N4O2.C2H6.CH3Cl/c1-27(2)23-10-9-22(25(27)19-23)11-14-30-15-12-28(13-16-30)26(34)31(18-17-29(3)21-33)20-32(28)24-7-5-4-6-8-24;2*1-2/h4-8,21-23,25H,9-20H2,1-3H3;1-2H3;1H3. The van der Waals surface area contributed by atoms with Crippen LogP contribution in [0.1, 0.15) is 66.2 Å². The van der Waals surface area contributed by atoms with Crippen LogP contribution in [0.15, 0.2) is 30.3 Å². The number of nitrogens with zero attached hydrogens (tertiary/aromatic N) is 4. The molecule has 5 aliphatic rings. The van der Waals surface area contributed by atoms with Crippen molar-refractivity contribution in [3.05, 3.63) is 30.3 Å². The van der Waals surface area contributed by atoms with Crippen LogP contribution in [0.25, 0.3) is 0 Å². The maximum absolute atomic E-state index is 13.8. The van der Waals surface area contributed by atoms with Gasteiger partial charge in [-0.05, 0) is 80.4 Å². The fourth-order valence-electron chi connectivity index (χ4n) is 7.51. The maximum Gasteiger partial charge on any atom is 0.250 e. The van der Waals surface area contributed by atoms with Crippen LogP contribution in [0.4, 0.5) is 5.69 Å². The van der Waals surface area contributed by atoms with Gasteiger partial charge in [-0.1, -0.05) is 45.9 Å². The molecule has 0 radical (unpaired) electrons. The Kier molecular flexibility index (Phi) is 10.9. The van der Waals surface area contributed by atoms with Crippen molar-refractivity contribution >= 4 is 29.6 Å². The number of piperidine rings is 1. The van der Waals surface area contributed by atoms with Crippen molar-refractivity contribution in [2.75, 3.05) is 57.7 Å². The summed E-state index contributed by atoms with van der Waals surface area (Å²) in [6.07, 6.45) is 9.67. The Morgan fingerprint density at radius 3 is 2.29 bits per heavy atom. The first kappa shape index (κ1) is 30.7. The van der Waals surface area contributed by atoms with E-state index in [1.165, 1.54) is 38.6 Å². The number of hydrogen-bond donors (Lipinski definition) is 0. The van der Waals surface area contributed by atoms with Crippen LogP contribution in [0.5, 0.6) is 0 Å². The summed E-state index contributed by atoms with van der Waals surface area (Å²) in [5.74, 6) is 3.01. The zero-order valence-electron chi connectivity index (χ0n) is 24.7. The highest BCUT2D eigenvalue weighted by Crippen LogP contribution is 2.62. The smallest absolute Gasteiger partial charge is 0.250 e. The van der Waals surface area contributed by atoms with Crippen LogP contribution in [0, 0.1) is 23.2 Å². The molecule has 0 aromatic heterocycles. The Morgan fingerprint density at radius 1 is 1.05 bits per heavy atom. The number of carbonyl (C=O) groups is 2. The fourth-order valence-corrected chi connectivity index (χ4v) is 7.51. The Labute approximate surface area is 236 Å². The van der Waals surface area contributed by atoms with E-state index in [-0.39, 0.29) is 5.91 Å². The van der Waals surface area contributed by atoms with Crippen molar-refractivity contribution in [1.82, 2.24) is 14.7 Å². The molecule has 1 spiro atoms. The first-order valence-corrected chi connectivity index (χ1v) is 15.5. The largest absolute Gasteiger partial charge is 0.347 e. The first-order chi connectivity index (χ1) is 18.3. The molecule has 6 nitrogen and oxygen atoms in total. The highest BCUT2D eigenvalue weighted by Gasteiger charge is 2.55. The Hall–Kier alpha value is -1.79. The quantitative estimate of drug-likeness (QED) is 0.316. The van der Waals surface area contributed by atoms with E-state index in [1.54, 1.807) is 11.9 Å². The molecule has 3 aliphatic carbocycles. The van der Waals surface area contributed by atoms with E-state index in [1.807, 2.05) is 24.8 Å². The SMILES string of the molecule is CC.CCl.CN(C=O)CCN1CN(c2ccccc2)C2(CCN(CCC3CCC4CC3C4(C)C)CC2)C1=O. The van der Waals surface area contributed by atoms with Gasteiger partial charge in [-0.2, -0.15) is 0 Å². The normalized spacial score (nSPS) is 27.0. The molecule has 0 N–H and O–H groups in total. The monoisotopic (exact) mass is 546 g/mol. The van der Waals surface area contributed by atoms with Crippen molar-refractivity contribution in [2.24, 2.45) is 23.2 Å². The summed E-state index contributed by atoms with van der Waals surface area (Å²) >= 11 is 4.64. The minimum absolute atomic E-state index is 0.241. The zero-order valence-corrected chi connectivity index (χ0v) is 25.4. The third-order valence-corrected chi connectivity index (χ3v) is 9.99. The lowest BCUT2D eigenvalue weighted by Crippen LogP contribution is -2.57. The molecule has 1 aromatic rings. The Morgan fingerprint density at radius 2 is 1.71 bits per heavy atom. The summed E-state index contributed by atoms with van der Waals surface area (Å²) in [5.41, 5.74) is 1.23. The van der Waals surface area contributed by atoms with Gasteiger partial charge in [0.2, 0.25) is 12.3 Å². The van der Waals surface area contributed by atoms with Crippen LogP contribution < -0.4 is 4.90 Å². The molecule has 38 heavy (non-hydrogen) atoms. The summed E-state index contributed by atoms with van der Waals surface area (Å²) in [6, 6.07) is 10.4. The van der Waals surface area contributed by atoms with Gasteiger partial charge >= 0.3 is 0 Å². The molecule has 3 saturated carbocycles. The molecule has 1 aromatic carbocycles. The van der Waals surface area contributed by atoms with E-state index < -0.39 is 5.54 Å². The minimum Gasteiger partial charge on any atom is -0.347 e. The molecule has 6 rings (SSSR count). The summed E-state index contributed by atoms with van der Waals surface area (Å²) in [5, 5.41) is 0. The van der Waals surface area contributed by atoms with Gasteiger partial charge in [0.15, 0.2) is 0 Å². The lowest BCUT2D eigenvalue weighted by Gasteiger charge is -2.60. The van der Waals surface area contributed by atoms with E-state index in [2.05, 4.69) is 59.5 Å². The second-order valence-electron chi connectivity index (χ2n) is 11.9. The lowest BCUT2D eigenvalue weighted by molar-refractivity contribution is -0.134. The molecule has 2 bridgehead atoms. The number of anilines is 1. The molecule has 7 heteroatoms. The van der Waals surface area contributed by atoms with Gasteiger partial charge in [-0.25, -0.2) is 0 Å². The topological polar surface area (TPSA) is 47.1 Å². The first-order valence-electron chi connectivity index (χ1n) is 14.7. The molecule has 214 valence electrons. The van der Waals surface area contributed by atoms with Crippen LogP contribution in [0.2, 0.25) is 0 Å². The Balaban J connectivity index is 0.000000956. The molecule has 2 aliphatic heterocycles.